The van der Waals surface area contributed by atoms with Crippen LogP contribution in [0.15, 0.2) is 12.3 Å². The molecule has 28 heavy (non-hydrogen) atoms. The van der Waals surface area contributed by atoms with Crippen molar-refractivity contribution in [3.05, 3.63) is 18.1 Å². The summed E-state index contributed by atoms with van der Waals surface area (Å²) in [6, 6.07) is 3.45. The number of halogens is 3. The van der Waals surface area contributed by atoms with E-state index in [1.54, 1.807) is 17.7 Å². The van der Waals surface area contributed by atoms with Crippen molar-refractivity contribution in [3.63, 3.8) is 0 Å². The van der Waals surface area contributed by atoms with Gasteiger partial charge in [0.05, 0.1) is 42.8 Å². The fourth-order valence-corrected chi connectivity index (χ4v) is 3.57. The van der Waals surface area contributed by atoms with Gasteiger partial charge in [-0.2, -0.15) is 18.4 Å². The fraction of sp³-hybridized carbons (Fsp3) is 0.611. The molecule has 1 N–H and O–H groups in total. The molecule has 4 rings (SSSR count). The van der Waals surface area contributed by atoms with E-state index in [0.29, 0.717) is 43.8 Å². The summed E-state index contributed by atoms with van der Waals surface area (Å²) in [6.45, 7) is 3.17. The molecule has 2 aliphatic rings. The van der Waals surface area contributed by atoms with Crippen LogP contribution in [0.5, 0.6) is 5.88 Å². The number of hydrogen-bond donors (Lipinski definition) is 1. The number of hydrogen-bond acceptors (Lipinski definition) is 5. The minimum Gasteiger partial charge on any atom is -0.476 e. The molecule has 2 aromatic rings. The monoisotopic (exact) mass is 395 g/mol. The maximum Gasteiger partial charge on any atom is 0.424 e. The van der Waals surface area contributed by atoms with Crippen LogP contribution in [-0.4, -0.2) is 37.2 Å². The van der Waals surface area contributed by atoms with Crippen LogP contribution in [0.25, 0.3) is 11.4 Å². The third-order valence-electron chi connectivity index (χ3n) is 5.62. The second-order valence-electron chi connectivity index (χ2n) is 7.93. The highest BCUT2D eigenvalue weighted by Crippen LogP contribution is 2.49. The maximum atomic E-state index is 13.3. The summed E-state index contributed by atoms with van der Waals surface area (Å²) in [6.07, 6.45) is -1.22. The van der Waals surface area contributed by atoms with Crippen LogP contribution in [0.1, 0.15) is 45.0 Å². The van der Waals surface area contributed by atoms with E-state index in [0.717, 1.165) is 12.8 Å². The quantitative estimate of drug-likeness (QED) is 0.840. The van der Waals surface area contributed by atoms with Crippen LogP contribution in [-0.2, 0) is 12.1 Å². The van der Waals surface area contributed by atoms with Gasteiger partial charge in [-0.1, -0.05) is 0 Å². The molecule has 2 aromatic heterocycles. The van der Waals surface area contributed by atoms with Gasteiger partial charge in [-0.15, -0.1) is 5.10 Å². The molecule has 0 saturated heterocycles. The van der Waals surface area contributed by atoms with E-state index in [-0.39, 0.29) is 11.5 Å². The Balaban J connectivity index is 1.64. The average Bonchev–Trinajstić information content (AvgIpc) is 3.04. The van der Waals surface area contributed by atoms with Crippen molar-refractivity contribution in [3.8, 4) is 23.3 Å². The van der Waals surface area contributed by atoms with E-state index in [1.165, 1.54) is 10.8 Å². The number of nitrogens with zero attached hydrogens (tertiary/aromatic N) is 5. The normalized spacial score (nSPS) is 22.0. The summed E-state index contributed by atoms with van der Waals surface area (Å²) in [7, 11) is 0. The van der Waals surface area contributed by atoms with Crippen LogP contribution in [0.4, 0.5) is 13.2 Å². The molecule has 0 aromatic carbocycles. The first-order valence-electron chi connectivity index (χ1n) is 9.03. The Morgan fingerprint density at radius 1 is 1.39 bits per heavy atom. The Morgan fingerprint density at radius 2 is 2.11 bits per heavy atom. The van der Waals surface area contributed by atoms with Gasteiger partial charge < -0.3 is 14.4 Å². The largest absolute Gasteiger partial charge is 0.476 e. The molecule has 0 amide bonds. The van der Waals surface area contributed by atoms with Gasteiger partial charge in [0, 0.05) is 17.9 Å². The average molecular weight is 395 g/mol. The number of fused-ring (bicyclic) bond motifs is 3. The van der Waals surface area contributed by atoms with Gasteiger partial charge in [0.1, 0.15) is 0 Å². The van der Waals surface area contributed by atoms with Crippen molar-refractivity contribution in [2.24, 2.45) is 5.41 Å². The summed E-state index contributed by atoms with van der Waals surface area (Å²) in [5, 5.41) is 23.4. The van der Waals surface area contributed by atoms with Crippen LogP contribution < -0.4 is 4.74 Å². The Bertz CT molecular complexity index is 950. The molecule has 1 aliphatic heterocycles. The van der Waals surface area contributed by atoms with E-state index in [4.69, 9.17) is 10.00 Å². The standard InChI is InChI=1S/C18H20F3N5O2/c1-11-9-25-12(7-14(24-25)28-10-17(3-4-17)5-6-22)13-8-23-15(26(11)13)16(2,27)18(19,20)21/h7-8,11,27H,3-5,9-10H2,1-2H3/t11-,16?/m0/s1. The highest BCUT2D eigenvalue weighted by molar-refractivity contribution is 5.58. The smallest absolute Gasteiger partial charge is 0.424 e. The first-order chi connectivity index (χ1) is 13.1. The first-order valence-corrected chi connectivity index (χ1v) is 9.03. The van der Waals surface area contributed by atoms with E-state index in [1.807, 2.05) is 0 Å². The SMILES string of the molecule is C[C@H]1Cn2nc(OCC3(CC#N)CC3)cc2-c2cnc(C(C)(O)C(F)(F)F)n21. The highest BCUT2D eigenvalue weighted by Gasteiger charge is 2.55. The van der Waals surface area contributed by atoms with E-state index in [9.17, 15) is 18.3 Å². The molecular weight excluding hydrogens is 375 g/mol. The Hall–Kier alpha value is -2.54. The van der Waals surface area contributed by atoms with Gasteiger partial charge in [-0.25, -0.2) is 4.98 Å². The molecule has 1 unspecified atom stereocenters. The van der Waals surface area contributed by atoms with Gasteiger partial charge in [-0.05, 0) is 26.7 Å². The molecule has 1 saturated carbocycles. The lowest BCUT2D eigenvalue weighted by Gasteiger charge is -2.31. The number of ether oxygens (including phenoxy) is 1. The van der Waals surface area contributed by atoms with E-state index < -0.39 is 17.6 Å². The summed E-state index contributed by atoms with van der Waals surface area (Å²) in [5.74, 6) is -0.0754. The number of alkyl halides is 3. The van der Waals surface area contributed by atoms with Gasteiger partial charge in [0.25, 0.3) is 0 Å². The van der Waals surface area contributed by atoms with Crippen LogP contribution in [0, 0.1) is 16.7 Å². The molecule has 0 spiro atoms. The number of aliphatic hydroxyl groups is 1. The molecule has 3 heterocycles. The molecular formula is C18H20F3N5O2. The Morgan fingerprint density at radius 3 is 2.71 bits per heavy atom. The lowest BCUT2D eigenvalue weighted by atomic mass is 10.0. The van der Waals surface area contributed by atoms with Crippen LogP contribution >= 0.6 is 0 Å². The first kappa shape index (κ1) is 18.8. The Kier molecular flexibility index (Phi) is 4.01. The van der Waals surface area contributed by atoms with Gasteiger partial charge in [0.2, 0.25) is 11.5 Å². The van der Waals surface area contributed by atoms with Crippen molar-refractivity contribution in [1.82, 2.24) is 19.3 Å². The van der Waals surface area contributed by atoms with Crippen molar-refractivity contribution in [2.45, 2.75) is 57.5 Å². The van der Waals surface area contributed by atoms with Crippen molar-refractivity contribution in [2.75, 3.05) is 6.61 Å². The van der Waals surface area contributed by atoms with Gasteiger partial charge >= 0.3 is 6.18 Å². The molecule has 0 bridgehead atoms. The molecule has 2 atom stereocenters. The van der Waals surface area contributed by atoms with Crippen molar-refractivity contribution >= 4 is 0 Å². The minimum atomic E-state index is -4.85. The number of aromatic nitrogens is 4. The molecule has 10 heteroatoms. The third-order valence-corrected chi connectivity index (χ3v) is 5.62. The third kappa shape index (κ3) is 2.85. The zero-order valence-electron chi connectivity index (χ0n) is 15.5. The number of nitriles is 1. The maximum absolute atomic E-state index is 13.3. The zero-order chi connectivity index (χ0) is 20.3. The van der Waals surface area contributed by atoms with Crippen molar-refractivity contribution < 1.29 is 23.0 Å². The molecule has 7 nitrogen and oxygen atoms in total. The molecule has 1 fully saturated rings. The summed E-state index contributed by atoms with van der Waals surface area (Å²) >= 11 is 0. The van der Waals surface area contributed by atoms with E-state index in [2.05, 4.69) is 16.2 Å². The second-order valence-corrected chi connectivity index (χ2v) is 7.93. The Labute approximate surface area is 159 Å². The van der Waals surface area contributed by atoms with Gasteiger partial charge in [0.15, 0.2) is 5.82 Å². The summed E-state index contributed by atoms with van der Waals surface area (Å²) in [5.41, 5.74) is -2.14. The minimum absolute atomic E-state index is 0.105. The predicted molar refractivity (Wildman–Crippen MR) is 91.2 cm³/mol. The van der Waals surface area contributed by atoms with Gasteiger partial charge in [-0.3, -0.25) is 4.68 Å². The number of rotatable bonds is 5. The van der Waals surface area contributed by atoms with E-state index >= 15 is 0 Å². The van der Waals surface area contributed by atoms with Crippen molar-refractivity contribution in [1.29, 1.82) is 5.26 Å². The predicted octanol–water partition coefficient (Wildman–Crippen LogP) is 3.16. The zero-order valence-corrected chi connectivity index (χ0v) is 15.5. The lowest BCUT2D eigenvalue weighted by Crippen LogP contribution is -2.42. The van der Waals surface area contributed by atoms with Crippen LogP contribution in [0.2, 0.25) is 0 Å². The molecule has 0 radical (unpaired) electrons. The summed E-state index contributed by atoms with van der Waals surface area (Å²) < 4.78 is 48.8. The van der Waals surface area contributed by atoms with Crippen LogP contribution in [0.3, 0.4) is 0 Å². The fourth-order valence-electron chi connectivity index (χ4n) is 3.57. The molecule has 150 valence electrons. The highest BCUT2D eigenvalue weighted by atomic mass is 19.4. The molecule has 1 aliphatic carbocycles. The lowest BCUT2D eigenvalue weighted by molar-refractivity contribution is -0.262. The topological polar surface area (TPSA) is 88.9 Å². The summed E-state index contributed by atoms with van der Waals surface area (Å²) in [4.78, 5) is 3.89. The number of imidazole rings is 1. The second kappa shape index (κ2) is 5.98.